The van der Waals surface area contributed by atoms with Crippen LogP contribution in [0.15, 0.2) is 0 Å². The molecule has 0 aliphatic rings. The van der Waals surface area contributed by atoms with Gasteiger partial charge in [-0.15, -0.1) is 24.8 Å². The summed E-state index contributed by atoms with van der Waals surface area (Å²) in [6, 6.07) is -0.989. The van der Waals surface area contributed by atoms with E-state index in [0.717, 1.165) is 0 Å². The van der Waals surface area contributed by atoms with E-state index in [0.29, 0.717) is 13.0 Å². The fourth-order valence-corrected chi connectivity index (χ4v) is 0.704. The number of carbonyl (C=O) groups is 1. The smallest absolute Gasteiger partial charge is 0.320 e. The molecule has 0 saturated heterocycles. The van der Waals surface area contributed by atoms with Gasteiger partial charge in [0.05, 0.1) is 6.10 Å². The van der Waals surface area contributed by atoms with E-state index in [4.69, 9.17) is 21.7 Å². The predicted molar refractivity (Wildman–Crippen MR) is 54.4 cm³/mol. The van der Waals surface area contributed by atoms with Gasteiger partial charge in [-0.1, -0.05) is 0 Å². The number of hydrogen-bond acceptors (Lipinski definition) is 4. The second-order valence-electron chi connectivity index (χ2n) is 2.41. The van der Waals surface area contributed by atoms with Gasteiger partial charge in [0.1, 0.15) is 6.04 Å². The summed E-state index contributed by atoms with van der Waals surface area (Å²) < 4.78 is 0. The lowest BCUT2D eigenvalue weighted by molar-refractivity contribution is -0.139. The summed E-state index contributed by atoms with van der Waals surface area (Å²) in [7, 11) is 0. The number of aliphatic carboxylic acids is 1. The van der Waals surface area contributed by atoms with E-state index in [9.17, 15) is 4.79 Å². The number of nitrogens with two attached hydrogens (primary N) is 2. The van der Waals surface area contributed by atoms with Gasteiger partial charge in [-0.25, -0.2) is 0 Å². The van der Waals surface area contributed by atoms with Gasteiger partial charge >= 0.3 is 5.97 Å². The summed E-state index contributed by atoms with van der Waals surface area (Å²) in [5.41, 5.74) is 10.3. The number of aliphatic hydroxyl groups excluding tert-OH is 1. The Kier molecular flexibility index (Phi) is 14.4. The van der Waals surface area contributed by atoms with Crippen LogP contribution >= 0.6 is 24.8 Å². The molecule has 0 radical (unpaired) electrons. The summed E-state index contributed by atoms with van der Waals surface area (Å²) in [5.74, 6) is -1.10. The quantitative estimate of drug-likeness (QED) is 0.505. The Morgan fingerprint density at radius 3 is 2.15 bits per heavy atom. The Bertz CT molecular complexity index is 137. The highest BCUT2D eigenvalue weighted by Gasteiger charge is 2.15. The van der Waals surface area contributed by atoms with Crippen molar-refractivity contribution in [2.45, 2.75) is 25.0 Å². The average molecular weight is 235 g/mol. The monoisotopic (exact) mass is 234 g/mol. The third-order valence-electron chi connectivity index (χ3n) is 1.34. The van der Waals surface area contributed by atoms with Gasteiger partial charge in [0.25, 0.3) is 0 Å². The maximum absolute atomic E-state index is 10.2. The first-order valence-electron chi connectivity index (χ1n) is 3.44. The van der Waals surface area contributed by atoms with Crippen molar-refractivity contribution < 1.29 is 15.0 Å². The average Bonchev–Trinajstić information content (AvgIpc) is 1.87. The molecule has 0 aliphatic heterocycles. The zero-order chi connectivity index (χ0) is 8.85. The topological polar surface area (TPSA) is 110 Å². The SMILES string of the molecule is Cl.Cl.NCCC(O)CC(N)C(=O)O. The highest BCUT2D eigenvalue weighted by Crippen LogP contribution is 1.99. The minimum absolute atomic E-state index is 0. The van der Waals surface area contributed by atoms with E-state index < -0.39 is 18.1 Å². The maximum Gasteiger partial charge on any atom is 0.320 e. The van der Waals surface area contributed by atoms with Crippen LogP contribution in [0.1, 0.15) is 12.8 Å². The van der Waals surface area contributed by atoms with Gasteiger partial charge in [-0.05, 0) is 19.4 Å². The van der Waals surface area contributed by atoms with Gasteiger partial charge in [0.15, 0.2) is 0 Å². The summed E-state index contributed by atoms with van der Waals surface area (Å²) in [6.07, 6.45) is -0.251. The molecule has 0 saturated carbocycles. The molecule has 13 heavy (non-hydrogen) atoms. The molecule has 0 aromatic carbocycles. The molecule has 0 aromatic heterocycles. The second kappa shape index (κ2) is 10.0. The fourth-order valence-electron chi connectivity index (χ4n) is 0.704. The molecule has 0 aromatic rings. The molecule has 0 spiro atoms. The van der Waals surface area contributed by atoms with Crippen LogP contribution in [-0.2, 0) is 4.79 Å². The number of rotatable bonds is 5. The van der Waals surface area contributed by atoms with Crippen molar-refractivity contribution in [3.63, 3.8) is 0 Å². The molecule has 2 unspecified atom stereocenters. The van der Waals surface area contributed by atoms with E-state index in [1.165, 1.54) is 0 Å². The first-order valence-corrected chi connectivity index (χ1v) is 3.44. The normalized spacial score (nSPS) is 13.5. The number of carboxylic acids is 1. The Labute approximate surface area is 89.3 Å². The van der Waals surface area contributed by atoms with Crippen LogP contribution in [0.4, 0.5) is 0 Å². The minimum Gasteiger partial charge on any atom is -0.480 e. The van der Waals surface area contributed by atoms with Crippen LogP contribution in [-0.4, -0.2) is 34.9 Å². The Hall–Kier alpha value is -0.0700. The second-order valence-corrected chi connectivity index (χ2v) is 2.41. The molecule has 0 amide bonds. The maximum atomic E-state index is 10.2. The van der Waals surface area contributed by atoms with Gasteiger partial charge in [-0.3, -0.25) is 4.79 Å². The highest BCUT2D eigenvalue weighted by molar-refractivity contribution is 5.85. The third-order valence-corrected chi connectivity index (χ3v) is 1.34. The number of halogens is 2. The molecular weight excluding hydrogens is 219 g/mol. The van der Waals surface area contributed by atoms with Gasteiger partial charge < -0.3 is 21.7 Å². The first-order chi connectivity index (χ1) is 5.07. The Balaban J connectivity index is -0.000000500. The molecule has 5 nitrogen and oxygen atoms in total. The van der Waals surface area contributed by atoms with Crippen molar-refractivity contribution in [2.24, 2.45) is 11.5 Å². The molecule has 82 valence electrons. The predicted octanol–water partition coefficient (Wildman–Crippen LogP) is -0.658. The van der Waals surface area contributed by atoms with E-state index in [2.05, 4.69) is 0 Å². The standard InChI is InChI=1S/C6H14N2O3.2ClH/c7-2-1-4(9)3-5(8)6(10)11;;/h4-5,9H,1-3,7-8H2,(H,10,11);2*1H. The molecule has 6 N–H and O–H groups in total. The summed E-state index contributed by atoms with van der Waals surface area (Å²) in [6.45, 7) is 0.341. The van der Waals surface area contributed by atoms with E-state index >= 15 is 0 Å². The van der Waals surface area contributed by atoms with Crippen LogP contribution in [0.5, 0.6) is 0 Å². The molecule has 0 heterocycles. The van der Waals surface area contributed by atoms with Crippen molar-refractivity contribution in [3.8, 4) is 0 Å². The summed E-state index contributed by atoms with van der Waals surface area (Å²) in [5, 5.41) is 17.4. The summed E-state index contributed by atoms with van der Waals surface area (Å²) in [4.78, 5) is 10.2. The fraction of sp³-hybridized carbons (Fsp3) is 0.833. The lowest BCUT2D eigenvalue weighted by Gasteiger charge is -2.11. The number of hydrogen-bond donors (Lipinski definition) is 4. The van der Waals surface area contributed by atoms with Gasteiger partial charge in [-0.2, -0.15) is 0 Å². The molecule has 0 aliphatic carbocycles. The zero-order valence-electron chi connectivity index (χ0n) is 7.05. The summed E-state index contributed by atoms with van der Waals surface area (Å²) >= 11 is 0. The molecule has 0 fully saturated rings. The van der Waals surface area contributed by atoms with Crippen LogP contribution in [0.2, 0.25) is 0 Å². The van der Waals surface area contributed by atoms with Crippen LogP contribution in [0, 0.1) is 0 Å². The van der Waals surface area contributed by atoms with Crippen molar-refractivity contribution in [1.29, 1.82) is 0 Å². The van der Waals surface area contributed by atoms with Gasteiger partial charge in [0, 0.05) is 0 Å². The lowest BCUT2D eigenvalue weighted by Crippen LogP contribution is -2.34. The van der Waals surface area contributed by atoms with Crippen molar-refractivity contribution in [3.05, 3.63) is 0 Å². The third kappa shape index (κ3) is 9.85. The van der Waals surface area contributed by atoms with Crippen LogP contribution in [0.3, 0.4) is 0 Å². The Morgan fingerprint density at radius 2 is 1.85 bits per heavy atom. The van der Waals surface area contributed by atoms with E-state index in [1.54, 1.807) is 0 Å². The van der Waals surface area contributed by atoms with Crippen molar-refractivity contribution >= 4 is 30.8 Å². The zero-order valence-corrected chi connectivity index (χ0v) is 8.68. The first kappa shape index (κ1) is 18.7. The molecule has 0 bridgehead atoms. The van der Waals surface area contributed by atoms with E-state index in [-0.39, 0.29) is 31.2 Å². The number of aliphatic hydroxyl groups is 1. The Morgan fingerprint density at radius 1 is 1.38 bits per heavy atom. The number of carboxylic acid groups (broad SMARTS) is 1. The van der Waals surface area contributed by atoms with E-state index in [1.807, 2.05) is 0 Å². The van der Waals surface area contributed by atoms with Crippen LogP contribution in [0.25, 0.3) is 0 Å². The van der Waals surface area contributed by atoms with Crippen molar-refractivity contribution in [2.75, 3.05) is 6.54 Å². The molecule has 0 rings (SSSR count). The largest absolute Gasteiger partial charge is 0.480 e. The molecular formula is C6H16Cl2N2O3. The highest BCUT2D eigenvalue weighted by atomic mass is 35.5. The molecule has 2 atom stereocenters. The minimum atomic E-state index is -1.10. The van der Waals surface area contributed by atoms with Crippen molar-refractivity contribution in [1.82, 2.24) is 0 Å². The van der Waals surface area contributed by atoms with Gasteiger partial charge in [0.2, 0.25) is 0 Å². The molecule has 7 heteroatoms. The lowest BCUT2D eigenvalue weighted by atomic mass is 10.1. The van der Waals surface area contributed by atoms with Crippen LogP contribution < -0.4 is 11.5 Å².